The average Bonchev–Trinajstić information content (AvgIpc) is 3.15. The number of hydrogen-bond acceptors (Lipinski definition) is 4. The predicted octanol–water partition coefficient (Wildman–Crippen LogP) is 3.36. The van der Waals surface area contributed by atoms with Gasteiger partial charge < -0.3 is 15.1 Å². The van der Waals surface area contributed by atoms with Crippen molar-refractivity contribution in [3.63, 3.8) is 0 Å². The number of primary amides is 1. The van der Waals surface area contributed by atoms with Gasteiger partial charge in [0.25, 0.3) is 5.91 Å². The molecule has 5 nitrogen and oxygen atoms in total. The Morgan fingerprint density at radius 2 is 2.17 bits per heavy atom. The highest BCUT2D eigenvalue weighted by Gasteiger charge is 2.34. The van der Waals surface area contributed by atoms with Crippen LogP contribution in [0.1, 0.15) is 57.4 Å². The minimum Gasteiger partial charge on any atom is -0.464 e. The van der Waals surface area contributed by atoms with Crippen LogP contribution in [0.25, 0.3) is 0 Å². The first kappa shape index (κ1) is 15.8. The first-order valence-corrected chi connectivity index (χ1v) is 8.59. The Bertz CT molecular complexity index is 734. The largest absolute Gasteiger partial charge is 0.464 e. The number of thiophene rings is 1. The maximum absolute atomic E-state index is 12.9. The van der Waals surface area contributed by atoms with Gasteiger partial charge >= 0.3 is 0 Å². The number of likely N-dealkylation sites (tertiary alicyclic amines) is 1. The molecule has 0 spiro atoms. The summed E-state index contributed by atoms with van der Waals surface area (Å²) in [5, 5.41) is 1.63. The molecule has 1 aliphatic heterocycles. The van der Waals surface area contributed by atoms with Gasteiger partial charge in [-0.15, -0.1) is 11.3 Å². The third-order valence-corrected chi connectivity index (χ3v) is 5.23. The maximum atomic E-state index is 12.9. The van der Waals surface area contributed by atoms with E-state index < -0.39 is 5.91 Å². The van der Waals surface area contributed by atoms with Gasteiger partial charge in [0.05, 0.1) is 16.5 Å². The number of carbonyl (C=O) groups is 2. The summed E-state index contributed by atoms with van der Waals surface area (Å²) in [6.07, 6.45) is 1.85. The number of carbonyl (C=O) groups excluding carboxylic acids is 2. The highest BCUT2D eigenvalue weighted by atomic mass is 32.1. The Balaban J connectivity index is 1.88. The fourth-order valence-corrected chi connectivity index (χ4v) is 3.86. The summed E-state index contributed by atoms with van der Waals surface area (Å²) in [6, 6.07) is 5.39. The lowest BCUT2D eigenvalue weighted by Gasteiger charge is -2.37. The molecule has 0 bridgehead atoms. The first-order chi connectivity index (χ1) is 11.0. The molecule has 6 heteroatoms. The summed E-state index contributed by atoms with van der Waals surface area (Å²) in [4.78, 5) is 26.5. The molecule has 122 valence electrons. The van der Waals surface area contributed by atoms with Crippen LogP contribution in [0.4, 0.5) is 0 Å². The Morgan fingerprint density at radius 3 is 2.78 bits per heavy atom. The third-order valence-electron chi connectivity index (χ3n) is 4.31. The van der Waals surface area contributed by atoms with E-state index in [0.717, 1.165) is 24.4 Å². The van der Waals surface area contributed by atoms with Crippen molar-refractivity contribution in [2.24, 2.45) is 11.7 Å². The van der Waals surface area contributed by atoms with Crippen molar-refractivity contribution in [3.8, 4) is 0 Å². The molecule has 0 radical (unpaired) electrons. The van der Waals surface area contributed by atoms with E-state index >= 15 is 0 Å². The highest BCUT2D eigenvalue weighted by Crippen LogP contribution is 2.36. The van der Waals surface area contributed by atoms with Crippen molar-refractivity contribution >= 4 is 23.2 Å². The van der Waals surface area contributed by atoms with Crippen LogP contribution in [0.15, 0.2) is 28.0 Å². The number of amides is 2. The minimum absolute atomic E-state index is 0.0564. The number of hydrogen-bond donors (Lipinski definition) is 1. The van der Waals surface area contributed by atoms with Crippen LogP contribution >= 0.6 is 11.3 Å². The number of nitrogens with two attached hydrogens (primary N) is 1. The van der Waals surface area contributed by atoms with Crippen molar-refractivity contribution in [1.29, 1.82) is 0 Å². The topological polar surface area (TPSA) is 76.5 Å². The van der Waals surface area contributed by atoms with Crippen molar-refractivity contribution < 1.29 is 14.0 Å². The van der Waals surface area contributed by atoms with E-state index in [1.54, 1.807) is 11.4 Å². The summed E-state index contributed by atoms with van der Waals surface area (Å²) in [7, 11) is 0. The molecule has 3 heterocycles. The van der Waals surface area contributed by atoms with Crippen LogP contribution in [0.3, 0.4) is 0 Å². The quantitative estimate of drug-likeness (QED) is 0.936. The molecule has 0 saturated carbocycles. The van der Waals surface area contributed by atoms with Gasteiger partial charge in [-0.1, -0.05) is 6.92 Å². The molecule has 2 aromatic rings. The fourth-order valence-electron chi connectivity index (χ4n) is 3.01. The second-order valence-corrected chi connectivity index (χ2v) is 7.07. The van der Waals surface area contributed by atoms with Gasteiger partial charge in [0, 0.05) is 11.9 Å². The standard InChI is InChI=1S/C17H20N2O3S/c1-10-5-6-19(13(7-10)14-4-3-11(2)22-14)17(21)15-8-12(9-23-15)16(18)20/h3-4,8-10,13H,5-7H2,1-2H3,(H2,18,20)/t10-,13+/m1/s1. The Hall–Kier alpha value is -2.08. The molecular formula is C17H20N2O3S. The molecule has 0 unspecified atom stereocenters. The normalized spacial score (nSPS) is 21.4. The first-order valence-electron chi connectivity index (χ1n) is 7.71. The van der Waals surface area contributed by atoms with Gasteiger partial charge in [-0.05, 0) is 43.9 Å². The summed E-state index contributed by atoms with van der Waals surface area (Å²) in [6.45, 7) is 4.79. The monoisotopic (exact) mass is 332 g/mol. The van der Waals surface area contributed by atoms with Crippen LogP contribution in [0, 0.1) is 12.8 Å². The Labute approximate surface area is 139 Å². The lowest BCUT2D eigenvalue weighted by Crippen LogP contribution is -2.40. The lowest BCUT2D eigenvalue weighted by atomic mass is 9.91. The van der Waals surface area contributed by atoms with Gasteiger partial charge in [0.2, 0.25) is 5.91 Å². The number of nitrogens with zero attached hydrogens (tertiary/aromatic N) is 1. The number of piperidine rings is 1. The van der Waals surface area contributed by atoms with E-state index in [9.17, 15) is 9.59 Å². The SMILES string of the molecule is Cc1ccc([C@@H]2C[C@H](C)CCN2C(=O)c2cc(C(N)=O)cs2)o1. The van der Waals surface area contributed by atoms with Crippen LogP contribution in [-0.2, 0) is 0 Å². The van der Waals surface area contributed by atoms with Crippen molar-refractivity contribution in [2.75, 3.05) is 6.54 Å². The summed E-state index contributed by atoms with van der Waals surface area (Å²) >= 11 is 1.26. The zero-order valence-corrected chi connectivity index (χ0v) is 14.1. The van der Waals surface area contributed by atoms with Gasteiger partial charge in [0.1, 0.15) is 11.5 Å². The van der Waals surface area contributed by atoms with E-state index in [1.807, 2.05) is 24.0 Å². The molecule has 2 amide bonds. The third kappa shape index (κ3) is 3.17. The van der Waals surface area contributed by atoms with E-state index in [0.29, 0.717) is 22.9 Å². The average molecular weight is 332 g/mol. The van der Waals surface area contributed by atoms with Crippen LogP contribution < -0.4 is 5.73 Å². The van der Waals surface area contributed by atoms with Gasteiger partial charge in [-0.3, -0.25) is 9.59 Å². The summed E-state index contributed by atoms with van der Waals surface area (Å²) in [5.41, 5.74) is 5.66. The summed E-state index contributed by atoms with van der Waals surface area (Å²) < 4.78 is 5.77. The van der Waals surface area contributed by atoms with E-state index in [4.69, 9.17) is 10.2 Å². The second kappa shape index (κ2) is 6.20. The molecule has 1 aliphatic rings. The molecule has 0 aromatic carbocycles. The van der Waals surface area contributed by atoms with Crippen LogP contribution in [0.2, 0.25) is 0 Å². The van der Waals surface area contributed by atoms with Gasteiger partial charge in [-0.25, -0.2) is 0 Å². The molecule has 1 saturated heterocycles. The number of rotatable bonds is 3. The zero-order chi connectivity index (χ0) is 16.6. The van der Waals surface area contributed by atoms with E-state index in [2.05, 4.69) is 6.92 Å². The van der Waals surface area contributed by atoms with E-state index in [-0.39, 0.29) is 11.9 Å². The molecule has 2 N–H and O–H groups in total. The molecular weight excluding hydrogens is 312 g/mol. The fraction of sp³-hybridized carbons (Fsp3) is 0.412. The zero-order valence-electron chi connectivity index (χ0n) is 13.2. The predicted molar refractivity (Wildman–Crippen MR) is 88.5 cm³/mol. The summed E-state index contributed by atoms with van der Waals surface area (Å²) in [5.74, 6) is 1.64. The molecule has 3 rings (SSSR count). The van der Waals surface area contributed by atoms with Gasteiger partial charge in [0.15, 0.2) is 0 Å². The van der Waals surface area contributed by atoms with Crippen LogP contribution in [-0.4, -0.2) is 23.3 Å². The highest BCUT2D eigenvalue weighted by molar-refractivity contribution is 7.12. The van der Waals surface area contributed by atoms with Crippen molar-refractivity contribution in [1.82, 2.24) is 4.90 Å². The number of furan rings is 1. The molecule has 0 aliphatic carbocycles. The Kier molecular flexibility index (Phi) is 4.26. The van der Waals surface area contributed by atoms with E-state index in [1.165, 1.54) is 11.3 Å². The van der Waals surface area contributed by atoms with Gasteiger partial charge in [-0.2, -0.15) is 0 Å². The lowest BCUT2D eigenvalue weighted by molar-refractivity contribution is 0.0524. The molecule has 1 fully saturated rings. The van der Waals surface area contributed by atoms with Crippen molar-refractivity contribution in [2.45, 2.75) is 32.7 Å². The Morgan fingerprint density at radius 1 is 1.39 bits per heavy atom. The van der Waals surface area contributed by atoms with Crippen molar-refractivity contribution in [3.05, 3.63) is 45.5 Å². The number of aryl methyl sites for hydroxylation is 1. The maximum Gasteiger partial charge on any atom is 0.264 e. The second-order valence-electron chi connectivity index (χ2n) is 6.16. The minimum atomic E-state index is -0.509. The molecule has 23 heavy (non-hydrogen) atoms. The molecule has 2 atom stereocenters. The van der Waals surface area contributed by atoms with Crippen LogP contribution in [0.5, 0.6) is 0 Å². The smallest absolute Gasteiger partial charge is 0.264 e. The molecule has 2 aromatic heterocycles.